The number of morpholine rings is 1. The summed E-state index contributed by atoms with van der Waals surface area (Å²) < 4.78 is 7.14. The van der Waals surface area contributed by atoms with Crippen LogP contribution in [-0.4, -0.2) is 52.1 Å². The van der Waals surface area contributed by atoms with Gasteiger partial charge in [0.1, 0.15) is 5.02 Å². The standard InChI is InChI=1S/C20H27ClN4O2/c1-14-11-24(12-15(2)27-14)20(3,4)13-22-17-10-23-25(19(26)18(17)21)16-8-6-5-7-9-16/h5-10,14-15,22H,11-13H2,1-4H3/t14-,15+. The molecule has 6 nitrogen and oxygen atoms in total. The van der Waals surface area contributed by atoms with E-state index >= 15 is 0 Å². The third kappa shape index (κ3) is 4.51. The normalized spacial score (nSPS) is 21.2. The van der Waals surface area contributed by atoms with E-state index in [1.165, 1.54) is 4.68 Å². The number of halogens is 1. The number of para-hydroxylation sites is 1. The molecule has 3 rings (SSSR count). The Labute approximate surface area is 165 Å². The van der Waals surface area contributed by atoms with Gasteiger partial charge in [0.25, 0.3) is 5.56 Å². The Morgan fingerprint density at radius 1 is 1.22 bits per heavy atom. The van der Waals surface area contributed by atoms with Gasteiger partial charge in [0.05, 0.1) is 29.8 Å². The predicted octanol–water partition coefficient (Wildman–Crippen LogP) is 3.19. The number of nitrogens with one attached hydrogen (secondary N) is 1. The van der Waals surface area contributed by atoms with Crippen LogP contribution in [0, 0.1) is 0 Å². The lowest BCUT2D eigenvalue weighted by Crippen LogP contribution is -2.57. The highest BCUT2D eigenvalue weighted by molar-refractivity contribution is 6.32. The van der Waals surface area contributed by atoms with Crippen molar-refractivity contribution in [2.75, 3.05) is 25.0 Å². The number of rotatable bonds is 5. The molecule has 7 heteroatoms. The first-order chi connectivity index (χ1) is 12.8. The smallest absolute Gasteiger partial charge is 0.292 e. The van der Waals surface area contributed by atoms with Gasteiger partial charge in [-0.25, -0.2) is 0 Å². The minimum absolute atomic E-state index is 0.121. The van der Waals surface area contributed by atoms with Gasteiger partial charge in [-0.05, 0) is 39.8 Å². The topological polar surface area (TPSA) is 59.4 Å². The molecule has 2 aromatic rings. The Kier molecular flexibility index (Phi) is 5.89. The molecule has 0 amide bonds. The van der Waals surface area contributed by atoms with Gasteiger partial charge in [0.15, 0.2) is 0 Å². The van der Waals surface area contributed by atoms with Crippen LogP contribution in [0.15, 0.2) is 41.3 Å². The highest BCUT2D eigenvalue weighted by Gasteiger charge is 2.33. The summed E-state index contributed by atoms with van der Waals surface area (Å²) in [5.74, 6) is 0. The van der Waals surface area contributed by atoms with E-state index in [1.54, 1.807) is 6.20 Å². The third-order valence-electron chi connectivity index (χ3n) is 4.91. The van der Waals surface area contributed by atoms with Crippen molar-refractivity contribution in [1.82, 2.24) is 14.7 Å². The average Bonchev–Trinajstić information content (AvgIpc) is 2.63. The number of hydrogen-bond donors (Lipinski definition) is 1. The number of benzene rings is 1. The first kappa shape index (κ1) is 19.9. The third-order valence-corrected chi connectivity index (χ3v) is 5.27. The van der Waals surface area contributed by atoms with Crippen LogP contribution in [0.25, 0.3) is 5.69 Å². The molecule has 1 aromatic carbocycles. The van der Waals surface area contributed by atoms with Gasteiger partial charge in [-0.2, -0.15) is 9.78 Å². The Hall–Kier alpha value is -1.89. The van der Waals surface area contributed by atoms with Crippen molar-refractivity contribution in [1.29, 1.82) is 0 Å². The quantitative estimate of drug-likeness (QED) is 0.849. The average molecular weight is 391 g/mol. The minimum Gasteiger partial charge on any atom is -0.381 e. The Balaban J connectivity index is 1.74. The lowest BCUT2D eigenvalue weighted by Gasteiger charge is -2.45. The van der Waals surface area contributed by atoms with E-state index in [0.717, 1.165) is 13.1 Å². The Morgan fingerprint density at radius 3 is 2.48 bits per heavy atom. The highest BCUT2D eigenvalue weighted by Crippen LogP contribution is 2.23. The second kappa shape index (κ2) is 8.00. The molecule has 0 unspecified atom stereocenters. The van der Waals surface area contributed by atoms with Gasteiger partial charge in [0, 0.05) is 25.2 Å². The van der Waals surface area contributed by atoms with E-state index in [9.17, 15) is 4.79 Å². The molecule has 1 aliphatic heterocycles. The van der Waals surface area contributed by atoms with Gasteiger partial charge in [-0.3, -0.25) is 9.69 Å². The Bertz CT molecular complexity index is 828. The number of anilines is 1. The SMILES string of the molecule is C[C@@H]1CN(C(C)(C)CNc2cnn(-c3ccccc3)c(=O)c2Cl)C[C@H](C)O1. The van der Waals surface area contributed by atoms with Crippen molar-refractivity contribution in [2.24, 2.45) is 0 Å². The molecule has 1 aromatic heterocycles. The molecule has 1 fully saturated rings. The lowest BCUT2D eigenvalue weighted by atomic mass is 10.00. The molecular weight excluding hydrogens is 364 g/mol. The van der Waals surface area contributed by atoms with E-state index in [4.69, 9.17) is 16.3 Å². The molecule has 1 N–H and O–H groups in total. The second-order valence-corrected chi connectivity index (χ2v) is 8.13. The molecule has 0 radical (unpaired) electrons. The van der Waals surface area contributed by atoms with Crippen LogP contribution in [-0.2, 0) is 4.74 Å². The van der Waals surface area contributed by atoms with Crippen LogP contribution in [0.4, 0.5) is 5.69 Å². The van der Waals surface area contributed by atoms with Gasteiger partial charge in [-0.1, -0.05) is 29.8 Å². The first-order valence-corrected chi connectivity index (χ1v) is 9.63. The fourth-order valence-corrected chi connectivity index (χ4v) is 3.60. The number of aromatic nitrogens is 2. The van der Waals surface area contributed by atoms with Crippen LogP contribution in [0.2, 0.25) is 5.02 Å². The van der Waals surface area contributed by atoms with Gasteiger partial charge in [0.2, 0.25) is 0 Å². The minimum atomic E-state index is -0.334. The van der Waals surface area contributed by atoms with Crippen LogP contribution in [0.5, 0.6) is 0 Å². The van der Waals surface area contributed by atoms with Gasteiger partial charge < -0.3 is 10.1 Å². The summed E-state index contributed by atoms with van der Waals surface area (Å²) in [5, 5.41) is 7.73. The molecule has 1 saturated heterocycles. The van der Waals surface area contributed by atoms with E-state index in [1.807, 2.05) is 30.3 Å². The van der Waals surface area contributed by atoms with Crippen molar-refractivity contribution < 1.29 is 4.74 Å². The van der Waals surface area contributed by atoms with Crippen molar-refractivity contribution >= 4 is 17.3 Å². The van der Waals surface area contributed by atoms with Crippen molar-refractivity contribution in [3.8, 4) is 5.69 Å². The summed E-state index contributed by atoms with van der Waals surface area (Å²) in [4.78, 5) is 15.0. The van der Waals surface area contributed by atoms with E-state index in [0.29, 0.717) is 17.9 Å². The van der Waals surface area contributed by atoms with Crippen LogP contribution < -0.4 is 10.9 Å². The molecule has 2 atom stereocenters. The zero-order valence-electron chi connectivity index (χ0n) is 16.3. The first-order valence-electron chi connectivity index (χ1n) is 9.25. The van der Waals surface area contributed by atoms with Crippen molar-refractivity contribution in [2.45, 2.75) is 45.4 Å². The zero-order valence-corrected chi connectivity index (χ0v) is 17.0. The molecule has 146 valence electrons. The zero-order chi connectivity index (χ0) is 19.6. The van der Waals surface area contributed by atoms with E-state index in [-0.39, 0.29) is 28.3 Å². The summed E-state index contributed by atoms with van der Waals surface area (Å²) in [6.45, 7) is 10.9. The molecule has 27 heavy (non-hydrogen) atoms. The maximum Gasteiger partial charge on any atom is 0.292 e. The summed E-state index contributed by atoms with van der Waals surface area (Å²) in [6.07, 6.45) is 2.01. The summed E-state index contributed by atoms with van der Waals surface area (Å²) in [5.41, 5.74) is 0.785. The molecule has 0 bridgehead atoms. The molecular formula is C20H27ClN4O2. The summed E-state index contributed by atoms with van der Waals surface area (Å²) in [7, 11) is 0. The number of ether oxygens (including phenoxy) is 1. The maximum atomic E-state index is 12.6. The van der Waals surface area contributed by atoms with Gasteiger partial charge in [-0.15, -0.1) is 0 Å². The van der Waals surface area contributed by atoms with E-state index < -0.39 is 0 Å². The Morgan fingerprint density at radius 2 is 1.85 bits per heavy atom. The molecule has 1 aliphatic rings. The molecule has 0 aliphatic carbocycles. The van der Waals surface area contributed by atoms with Gasteiger partial charge >= 0.3 is 0 Å². The van der Waals surface area contributed by atoms with E-state index in [2.05, 4.69) is 43.0 Å². The van der Waals surface area contributed by atoms with Crippen molar-refractivity contribution in [3.05, 3.63) is 51.9 Å². The number of hydrogen-bond acceptors (Lipinski definition) is 5. The molecule has 2 heterocycles. The predicted molar refractivity (Wildman–Crippen MR) is 109 cm³/mol. The highest BCUT2D eigenvalue weighted by atomic mass is 35.5. The van der Waals surface area contributed by atoms with Crippen molar-refractivity contribution in [3.63, 3.8) is 0 Å². The number of nitrogens with zero attached hydrogens (tertiary/aromatic N) is 3. The fraction of sp³-hybridized carbons (Fsp3) is 0.500. The fourth-order valence-electron chi connectivity index (χ4n) is 3.40. The van der Waals surface area contributed by atoms with Crippen LogP contribution >= 0.6 is 11.6 Å². The largest absolute Gasteiger partial charge is 0.381 e. The monoisotopic (exact) mass is 390 g/mol. The van der Waals surface area contributed by atoms with Crippen LogP contribution in [0.3, 0.4) is 0 Å². The maximum absolute atomic E-state index is 12.6. The molecule has 0 spiro atoms. The molecule has 0 saturated carbocycles. The van der Waals surface area contributed by atoms with Crippen LogP contribution in [0.1, 0.15) is 27.7 Å². The summed E-state index contributed by atoms with van der Waals surface area (Å²) >= 11 is 6.34. The second-order valence-electron chi connectivity index (χ2n) is 7.75. The lowest BCUT2D eigenvalue weighted by molar-refractivity contribution is -0.0933. The summed E-state index contributed by atoms with van der Waals surface area (Å²) in [6, 6.07) is 9.25.